The monoisotopic (exact) mass is 531 g/mol. The van der Waals surface area contributed by atoms with Gasteiger partial charge in [0.2, 0.25) is 0 Å². The molecule has 1 aliphatic carbocycles. The van der Waals surface area contributed by atoms with Crippen LogP contribution in [0.5, 0.6) is 0 Å². The largest absolute Gasteiger partial charge is 0.456 e. The van der Waals surface area contributed by atoms with Crippen molar-refractivity contribution in [1.29, 1.82) is 0 Å². The second kappa shape index (κ2) is 10.2. The van der Waals surface area contributed by atoms with Crippen LogP contribution in [0.2, 0.25) is 0 Å². The van der Waals surface area contributed by atoms with E-state index in [9.17, 15) is 19.2 Å². The summed E-state index contributed by atoms with van der Waals surface area (Å²) in [6.07, 6.45) is 1.99. The molecule has 0 N–H and O–H groups in total. The van der Waals surface area contributed by atoms with Gasteiger partial charge in [-0.1, -0.05) is 80.6 Å². The first-order valence-corrected chi connectivity index (χ1v) is 13.6. The van der Waals surface area contributed by atoms with Gasteiger partial charge in [0.05, 0.1) is 0 Å². The highest BCUT2D eigenvalue weighted by atomic mass is 16.5. The maximum absolute atomic E-state index is 13.7. The zero-order valence-electron chi connectivity index (χ0n) is 22.5. The van der Waals surface area contributed by atoms with Gasteiger partial charge in [-0.3, -0.25) is 19.3 Å². The van der Waals surface area contributed by atoms with E-state index in [1.165, 1.54) is 0 Å². The van der Waals surface area contributed by atoms with Crippen molar-refractivity contribution in [3.05, 3.63) is 107 Å². The molecule has 40 heavy (non-hydrogen) atoms. The molecule has 1 aliphatic heterocycles. The van der Waals surface area contributed by atoms with Crippen LogP contribution < -0.4 is 0 Å². The Hall–Kier alpha value is -4.58. The van der Waals surface area contributed by atoms with Crippen molar-refractivity contribution < 1.29 is 23.9 Å². The third-order valence-corrected chi connectivity index (χ3v) is 7.83. The summed E-state index contributed by atoms with van der Waals surface area (Å²) in [5.74, 6) is -2.13. The summed E-state index contributed by atoms with van der Waals surface area (Å²) >= 11 is 0. The predicted molar refractivity (Wildman–Crippen MR) is 152 cm³/mol. The normalized spacial score (nSPS) is 14.6. The number of carbonyl (C=O) groups excluding carboxylic acids is 4. The minimum Gasteiger partial charge on any atom is -0.456 e. The summed E-state index contributed by atoms with van der Waals surface area (Å²) in [6.45, 7) is 3.34. The van der Waals surface area contributed by atoms with Crippen molar-refractivity contribution in [1.82, 2.24) is 4.90 Å². The second-order valence-electron chi connectivity index (χ2n) is 10.9. The summed E-state index contributed by atoms with van der Waals surface area (Å²) in [7, 11) is 0. The van der Waals surface area contributed by atoms with Gasteiger partial charge in [0.1, 0.15) is 6.04 Å². The molecular weight excluding hydrogens is 502 g/mol. The van der Waals surface area contributed by atoms with Crippen LogP contribution in [0.25, 0.3) is 21.9 Å². The molecule has 0 spiro atoms. The number of ether oxygens (including phenoxy) is 1. The number of carbonyl (C=O) groups is 4. The number of rotatable bonds is 8. The highest BCUT2D eigenvalue weighted by Gasteiger charge is 2.42. The lowest BCUT2D eigenvalue weighted by atomic mass is 9.89. The van der Waals surface area contributed by atoms with Gasteiger partial charge in [-0.05, 0) is 65.0 Å². The van der Waals surface area contributed by atoms with E-state index < -0.39 is 30.4 Å². The average molecular weight is 532 g/mol. The molecule has 6 rings (SSSR count). The zero-order valence-corrected chi connectivity index (χ0v) is 22.5. The van der Waals surface area contributed by atoms with Crippen LogP contribution in [0.1, 0.15) is 62.5 Å². The number of benzene rings is 4. The fourth-order valence-corrected chi connectivity index (χ4v) is 5.87. The molecule has 0 radical (unpaired) electrons. The summed E-state index contributed by atoms with van der Waals surface area (Å²) in [6, 6.07) is 23.2. The lowest BCUT2D eigenvalue weighted by molar-refractivity contribution is -0.147. The van der Waals surface area contributed by atoms with Gasteiger partial charge < -0.3 is 4.74 Å². The number of imide groups is 1. The Balaban J connectivity index is 1.22. The highest BCUT2D eigenvalue weighted by molar-refractivity contribution is 6.27. The lowest BCUT2D eigenvalue weighted by Crippen LogP contribution is -2.51. The zero-order chi connectivity index (χ0) is 28.0. The average Bonchev–Trinajstić information content (AvgIpc) is 3.40. The second-order valence-corrected chi connectivity index (χ2v) is 10.9. The molecule has 0 bridgehead atoms. The van der Waals surface area contributed by atoms with E-state index >= 15 is 0 Å². The minimum atomic E-state index is -1.14. The Morgan fingerprint density at radius 2 is 1.32 bits per heavy atom. The van der Waals surface area contributed by atoms with Crippen molar-refractivity contribution in [3.8, 4) is 11.1 Å². The van der Waals surface area contributed by atoms with Gasteiger partial charge in [-0.25, -0.2) is 4.79 Å². The lowest BCUT2D eigenvalue weighted by Gasteiger charge is -2.33. The van der Waals surface area contributed by atoms with Crippen LogP contribution in [0.3, 0.4) is 0 Å². The van der Waals surface area contributed by atoms with Gasteiger partial charge in [-0.15, -0.1) is 0 Å². The molecule has 200 valence electrons. The standard InChI is InChI=1S/C34H29NO5/c1-20(2)18-28(34(39)40-19-29(36)23-10-8-22(9-11-23)21-6-4-3-5-7-21)35-32(37)26-16-14-24-12-13-25-15-17-27(33(35)38)31(26)30(24)25/h3-11,14-17,20,28H,12-13,18-19H2,1-2H3/t28-/m1/s1. The minimum absolute atomic E-state index is 0.00682. The fourth-order valence-electron chi connectivity index (χ4n) is 5.87. The molecule has 0 unspecified atom stereocenters. The molecule has 0 saturated carbocycles. The third kappa shape index (κ3) is 4.39. The van der Waals surface area contributed by atoms with Crippen LogP contribution in [0.4, 0.5) is 0 Å². The van der Waals surface area contributed by atoms with E-state index in [2.05, 4.69) is 0 Å². The number of esters is 1. The summed E-state index contributed by atoms with van der Waals surface area (Å²) in [4.78, 5) is 54.8. The van der Waals surface area contributed by atoms with Crippen molar-refractivity contribution in [2.45, 2.75) is 39.2 Å². The first kappa shape index (κ1) is 25.7. The van der Waals surface area contributed by atoms with Crippen LogP contribution in [-0.4, -0.2) is 41.1 Å². The number of amides is 2. The Kier molecular flexibility index (Phi) is 6.54. The van der Waals surface area contributed by atoms with Gasteiger partial charge in [0.25, 0.3) is 11.8 Å². The number of aryl methyl sites for hydroxylation is 2. The number of nitrogens with zero attached hydrogens (tertiary/aromatic N) is 1. The molecule has 1 heterocycles. The fraction of sp³-hybridized carbons (Fsp3) is 0.235. The third-order valence-electron chi connectivity index (χ3n) is 7.83. The number of Topliss-reactive ketones (excluding diaryl/α,β-unsaturated/α-hetero) is 1. The summed E-state index contributed by atoms with van der Waals surface area (Å²) in [5, 5.41) is 1.67. The summed E-state index contributed by atoms with van der Waals surface area (Å²) in [5.41, 5.74) is 5.54. The molecule has 0 aromatic heterocycles. The van der Waals surface area contributed by atoms with E-state index in [1.807, 2.05) is 68.4 Å². The molecule has 4 aromatic carbocycles. The van der Waals surface area contributed by atoms with Gasteiger partial charge in [0, 0.05) is 22.1 Å². The Morgan fingerprint density at radius 1 is 0.750 bits per heavy atom. The Morgan fingerprint density at radius 3 is 1.90 bits per heavy atom. The topological polar surface area (TPSA) is 80.8 Å². The quantitative estimate of drug-likeness (QED) is 0.157. The van der Waals surface area contributed by atoms with Crippen LogP contribution >= 0.6 is 0 Å². The smallest absolute Gasteiger partial charge is 0.329 e. The summed E-state index contributed by atoms with van der Waals surface area (Å²) < 4.78 is 5.46. The van der Waals surface area contributed by atoms with Gasteiger partial charge >= 0.3 is 5.97 Å². The molecular formula is C34H29NO5. The van der Waals surface area contributed by atoms with E-state index in [1.54, 1.807) is 24.3 Å². The van der Waals surface area contributed by atoms with E-state index in [-0.39, 0.29) is 18.1 Å². The van der Waals surface area contributed by atoms with Gasteiger partial charge in [0.15, 0.2) is 12.4 Å². The first-order chi connectivity index (χ1) is 19.3. The van der Waals surface area contributed by atoms with Crippen LogP contribution in [-0.2, 0) is 22.4 Å². The van der Waals surface area contributed by atoms with Crippen molar-refractivity contribution in [2.75, 3.05) is 6.61 Å². The number of hydrogen-bond acceptors (Lipinski definition) is 5. The van der Waals surface area contributed by atoms with Gasteiger partial charge in [-0.2, -0.15) is 0 Å². The molecule has 4 aromatic rings. The number of hydrogen-bond donors (Lipinski definition) is 0. The Bertz CT molecular complexity index is 1610. The SMILES string of the molecule is CC(C)C[C@H](C(=O)OCC(=O)c1ccc(-c2ccccc2)cc1)N1C(=O)c2ccc3c4c(ccc(c24)C1=O)CC3. The van der Waals surface area contributed by atoms with Crippen LogP contribution in [0.15, 0.2) is 78.9 Å². The molecule has 6 nitrogen and oxygen atoms in total. The molecule has 0 saturated heterocycles. The van der Waals surface area contributed by atoms with Crippen molar-refractivity contribution >= 4 is 34.3 Å². The highest BCUT2D eigenvalue weighted by Crippen LogP contribution is 2.39. The predicted octanol–water partition coefficient (Wildman–Crippen LogP) is 6.04. The van der Waals surface area contributed by atoms with E-state index in [4.69, 9.17) is 4.74 Å². The molecule has 0 fully saturated rings. The maximum Gasteiger partial charge on any atom is 0.329 e. The van der Waals surface area contributed by atoms with Crippen molar-refractivity contribution in [3.63, 3.8) is 0 Å². The van der Waals surface area contributed by atoms with Crippen molar-refractivity contribution in [2.24, 2.45) is 5.92 Å². The van der Waals surface area contributed by atoms with E-state index in [0.29, 0.717) is 22.1 Å². The maximum atomic E-state index is 13.7. The molecule has 6 heteroatoms. The number of ketones is 1. The van der Waals surface area contributed by atoms with Crippen LogP contribution in [0, 0.1) is 5.92 Å². The first-order valence-electron chi connectivity index (χ1n) is 13.6. The molecule has 2 amide bonds. The van der Waals surface area contributed by atoms with E-state index in [0.717, 1.165) is 45.4 Å². The molecule has 2 aliphatic rings. The molecule has 1 atom stereocenters. The Labute approximate surface area is 232 Å².